The number of hydrogen-bond acceptors (Lipinski definition) is 1. The van der Waals surface area contributed by atoms with E-state index in [0.717, 1.165) is 19.3 Å². The zero-order chi connectivity index (χ0) is 20.5. The molecule has 2 rings (SSSR count). The Balaban J connectivity index is 2.53. The molecule has 2 aromatic heterocycles. The summed E-state index contributed by atoms with van der Waals surface area (Å²) in [5.74, 6) is 2.12. The first-order chi connectivity index (χ1) is 12.5. The molecule has 0 aliphatic carbocycles. The first-order valence-corrected chi connectivity index (χ1v) is 9.58. The van der Waals surface area contributed by atoms with Crippen LogP contribution in [0.1, 0.15) is 76.9 Å². The number of aromatic amines is 1. The van der Waals surface area contributed by atoms with Gasteiger partial charge in [-0.25, -0.2) is 9.83 Å². The molecule has 0 aliphatic heterocycles. The van der Waals surface area contributed by atoms with Crippen LogP contribution in [0.3, 0.4) is 0 Å². The Morgan fingerprint density at radius 2 is 1.81 bits per heavy atom. The minimum absolute atomic E-state index is 0.0138. The summed E-state index contributed by atoms with van der Waals surface area (Å²) in [6.45, 7) is 19.5. The number of nitrogens with zero attached hydrogens (tertiary/aromatic N) is 3. The minimum atomic E-state index is -4.57. The summed E-state index contributed by atoms with van der Waals surface area (Å²) in [6.07, 6.45) is -1.52. The van der Waals surface area contributed by atoms with Gasteiger partial charge in [0.25, 0.3) is 0 Å². The number of aryl methyl sites for hydroxylation is 1. The van der Waals surface area contributed by atoms with Crippen LogP contribution in [-0.4, -0.2) is 14.6 Å². The zero-order valence-corrected chi connectivity index (χ0v) is 16.9. The van der Waals surface area contributed by atoms with Crippen molar-refractivity contribution in [2.24, 2.45) is 17.8 Å². The van der Waals surface area contributed by atoms with Crippen molar-refractivity contribution in [1.82, 2.24) is 14.6 Å². The largest absolute Gasteiger partial charge is 0.409 e. The molecule has 0 saturated heterocycles. The summed E-state index contributed by atoms with van der Waals surface area (Å²) in [5, 5.41) is 3.07. The van der Waals surface area contributed by atoms with Crippen LogP contribution < -0.4 is 0 Å². The van der Waals surface area contributed by atoms with E-state index in [2.05, 4.69) is 49.5 Å². The third kappa shape index (κ3) is 4.15. The van der Waals surface area contributed by atoms with Crippen molar-refractivity contribution < 1.29 is 13.2 Å². The van der Waals surface area contributed by atoms with Crippen LogP contribution in [0.15, 0.2) is 0 Å². The van der Waals surface area contributed by atoms with E-state index in [9.17, 15) is 13.2 Å². The summed E-state index contributed by atoms with van der Waals surface area (Å²) < 4.78 is 41.4. The van der Waals surface area contributed by atoms with Crippen LogP contribution in [0.5, 0.6) is 0 Å². The summed E-state index contributed by atoms with van der Waals surface area (Å²) in [6, 6.07) is 0. The molecule has 27 heavy (non-hydrogen) atoms. The Morgan fingerprint density at radius 1 is 1.19 bits per heavy atom. The third-order valence-electron chi connectivity index (χ3n) is 5.91. The monoisotopic (exact) mass is 382 g/mol. The van der Waals surface area contributed by atoms with E-state index < -0.39 is 17.4 Å². The van der Waals surface area contributed by atoms with Crippen LogP contribution in [0.2, 0.25) is 0 Å². The first-order valence-electron chi connectivity index (χ1n) is 9.58. The molecule has 0 spiro atoms. The molecule has 7 heteroatoms. The number of H-pyrrole nitrogens is 1. The van der Waals surface area contributed by atoms with Gasteiger partial charge in [0.2, 0.25) is 5.69 Å². The highest BCUT2D eigenvalue weighted by Crippen LogP contribution is 2.43. The van der Waals surface area contributed by atoms with E-state index in [-0.39, 0.29) is 17.3 Å². The molecule has 0 fully saturated rings. The van der Waals surface area contributed by atoms with E-state index in [1.165, 1.54) is 11.4 Å². The van der Waals surface area contributed by atoms with Crippen LogP contribution >= 0.6 is 0 Å². The van der Waals surface area contributed by atoms with Crippen molar-refractivity contribution in [2.45, 2.75) is 72.9 Å². The predicted octanol–water partition coefficient (Wildman–Crippen LogP) is 6.74. The fourth-order valence-electron chi connectivity index (χ4n) is 3.55. The number of rotatable bonds is 7. The lowest BCUT2D eigenvalue weighted by atomic mass is 9.80. The van der Waals surface area contributed by atoms with Crippen molar-refractivity contribution in [2.75, 3.05) is 0 Å². The third-order valence-corrected chi connectivity index (χ3v) is 5.91. The molecular formula is C20H29F3N4. The molecular weight excluding hydrogens is 353 g/mol. The highest BCUT2D eigenvalue weighted by Gasteiger charge is 2.40. The topological polar surface area (TPSA) is 37.5 Å². The lowest BCUT2D eigenvalue weighted by Gasteiger charge is -2.26. The van der Waals surface area contributed by atoms with Crippen LogP contribution in [0, 0.1) is 31.2 Å². The molecule has 3 unspecified atom stereocenters. The second-order valence-electron chi connectivity index (χ2n) is 7.99. The standard InChI is InChI=1S/C20H29F3N4/c1-8-12(4)9-10-15(13(5)11(2)3)18-25-19-17(24-7)16(20(21,22)23)14(6)27(19)26-18/h11-13,15H,8-10H2,1-6H3,(H,25,26). The Morgan fingerprint density at radius 3 is 2.30 bits per heavy atom. The van der Waals surface area contributed by atoms with Crippen molar-refractivity contribution in [3.05, 3.63) is 28.5 Å². The van der Waals surface area contributed by atoms with Gasteiger partial charge in [-0.15, -0.1) is 0 Å². The number of alkyl halides is 3. The molecule has 3 atom stereocenters. The maximum atomic E-state index is 13.4. The maximum Gasteiger partial charge on any atom is 0.409 e. The van der Waals surface area contributed by atoms with Gasteiger partial charge < -0.3 is 0 Å². The van der Waals surface area contributed by atoms with Gasteiger partial charge in [-0.3, -0.25) is 9.61 Å². The molecule has 0 radical (unpaired) electrons. The van der Waals surface area contributed by atoms with Crippen LogP contribution in [-0.2, 0) is 6.18 Å². The van der Waals surface area contributed by atoms with Crippen LogP contribution in [0.25, 0.3) is 10.5 Å². The number of halogens is 3. The highest BCUT2D eigenvalue weighted by atomic mass is 19.4. The Bertz CT molecular complexity index is 823. The Labute approximate surface area is 159 Å². The normalized spacial score (nSPS) is 15.9. The fourth-order valence-corrected chi connectivity index (χ4v) is 3.55. The molecule has 0 aliphatic rings. The Hall–Kier alpha value is -1.97. The Kier molecular flexibility index (Phi) is 6.28. The van der Waals surface area contributed by atoms with E-state index >= 15 is 0 Å². The SMILES string of the molecule is [C-]#[N+]c1c(C(F)(F)F)c(C)n2[nH]c(C(CCC(C)CC)C(C)C(C)C)nc12. The first kappa shape index (κ1) is 21.3. The van der Waals surface area contributed by atoms with Crippen molar-refractivity contribution in [3.63, 3.8) is 0 Å². The summed E-state index contributed by atoms with van der Waals surface area (Å²) >= 11 is 0. The molecule has 150 valence electrons. The molecule has 4 nitrogen and oxygen atoms in total. The molecule has 0 bridgehead atoms. The molecule has 0 saturated carbocycles. The average molecular weight is 382 g/mol. The molecule has 1 N–H and O–H groups in total. The maximum absolute atomic E-state index is 13.4. The second kappa shape index (κ2) is 7.95. The number of fused-ring (bicyclic) bond motifs is 1. The van der Waals surface area contributed by atoms with Gasteiger partial charge in [0.05, 0.1) is 12.1 Å². The lowest BCUT2D eigenvalue weighted by Crippen LogP contribution is -2.18. The van der Waals surface area contributed by atoms with Crippen LogP contribution in [0.4, 0.5) is 18.9 Å². The number of aromatic nitrogens is 3. The van der Waals surface area contributed by atoms with Crippen molar-refractivity contribution >= 4 is 11.3 Å². The van der Waals surface area contributed by atoms with E-state index in [4.69, 9.17) is 6.57 Å². The summed E-state index contributed by atoms with van der Waals surface area (Å²) in [7, 11) is 0. The highest BCUT2D eigenvalue weighted by molar-refractivity contribution is 5.76. The smallest absolute Gasteiger partial charge is 0.280 e. The summed E-state index contributed by atoms with van der Waals surface area (Å²) in [5.41, 5.74) is -1.24. The van der Waals surface area contributed by atoms with E-state index in [1.54, 1.807) is 0 Å². The van der Waals surface area contributed by atoms with E-state index in [0.29, 0.717) is 23.6 Å². The number of hydrogen-bond donors (Lipinski definition) is 1. The quantitative estimate of drug-likeness (QED) is 0.529. The van der Waals surface area contributed by atoms with Gasteiger partial charge >= 0.3 is 6.18 Å². The van der Waals surface area contributed by atoms with Gasteiger partial charge in [0, 0.05) is 11.6 Å². The molecule has 2 aromatic rings. The van der Waals surface area contributed by atoms with Gasteiger partial charge in [-0.1, -0.05) is 47.5 Å². The zero-order valence-electron chi connectivity index (χ0n) is 16.9. The van der Waals surface area contributed by atoms with Crippen molar-refractivity contribution in [1.29, 1.82) is 0 Å². The average Bonchev–Trinajstić information content (AvgIpc) is 3.12. The molecule has 2 heterocycles. The lowest BCUT2D eigenvalue weighted by molar-refractivity contribution is -0.137. The minimum Gasteiger partial charge on any atom is -0.280 e. The number of nitrogens with one attached hydrogen (secondary N) is 1. The molecule has 0 amide bonds. The van der Waals surface area contributed by atoms with Gasteiger partial charge in [-0.2, -0.15) is 13.2 Å². The van der Waals surface area contributed by atoms with Gasteiger partial charge in [0.15, 0.2) is 5.65 Å². The summed E-state index contributed by atoms with van der Waals surface area (Å²) in [4.78, 5) is 7.63. The fraction of sp³-hybridized carbons (Fsp3) is 0.700. The van der Waals surface area contributed by atoms with Gasteiger partial charge in [0.1, 0.15) is 5.82 Å². The molecule has 0 aromatic carbocycles. The van der Waals surface area contributed by atoms with Crippen molar-refractivity contribution in [3.8, 4) is 0 Å². The predicted molar refractivity (Wildman–Crippen MR) is 101 cm³/mol. The van der Waals surface area contributed by atoms with Gasteiger partial charge in [-0.05, 0) is 31.1 Å². The van der Waals surface area contributed by atoms with E-state index in [1.807, 2.05) is 0 Å². The second-order valence-corrected chi connectivity index (χ2v) is 7.99.